The third-order valence-electron chi connectivity index (χ3n) is 4.13. The summed E-state index contributed by atoms with van der Waals surface area (Å²) in [5, 5.41) is 6.30. The van der Waals surface area contributed by atoms with Crippen molar-refractivity contribution in [2.24, 2.45) is 0 Å². The Morgan fingerprint density at radius 1 is 1.23 bits per heavy atom. The van der Waals surface area contributed by atoms with Gasteiger partial charge in [-0.25, -0.2) is 0 Å². The summed E-state index contributed by atoms with van der Waals surface area (Å²) in [6.07, 6.45) is 4.57. The second-order valence-corrected chi connectivity index (χ2v) is 7.04. The van der Waals surface area contributed by atoms with Crippen LogP contribution >= 0.6 is 0 Å². The number of carbonyl (C=O) groups excluding carboxylic acids is 1. The van der Waals surface area contributed by atoms with Crippen LogP contribution in [0.2, 0.25) is 0 Å². The Hall–Kier alpha value is -1.61. The van der Waals surface area contributed by atoms with Crippen LogP contribution in [-0.2, 0) is 16.6 Å². The van der Waals surface area contributed by atoms with Gasteiger partial charge in [0.1, 0.15) is 0 Å². The smallest absolute Gasteiger partial charge is 0.220 e. The molecule has 1 heterocycles. The van der Waals surface area contributed by atoms with E-state index in [1.807, 2.05) is 0 Å². The van der Waals surface area contributed by atoms with Gasteiger partial charge in [-0.3, -0.25) is 4.79 Å². The average Bonchev–Trinajstić information content (AvgIpc) is 2.51. The Balaban J connectivity index is 1.75. The molecule has 0 unspecified atom stereocenters. The summed E-state index contributed by atoms with van der Waals surface area (Å²) in [5.41, 5.74) is 4.07. The molecule has 0 saturated heterocycles. The van der Waals surface area contributed by atoms with E-state index in [9.17, 15) is 4.79 Å². The van der Waals surface area contributed by atoms with Crippen LogP contribution in [0.3, 0.4) is 0 Å². The third-order valence-corrected chi connectivity index (χ3v) is 4.13. The Labute approximate surface area is 134 Å². The fourth-order valence-corrected chi connectivity index (χ4v) is 2.56. The zero-order chi connectivity index (χ0) is 16.0. The van der Waals surface area contributed by atoms with Crippen molar-refractivity contribution in [1.82, 2.24) is 10.6 Å². The largest absolute Gasteiger partial charge is 0.352 e. The van der Waals surface area contributed by atoms with Crippen molar-refractivity contribution < 1.29 is 4.79 Å². The van der Waals surface area contributed by atoms with E-state index in [2.05, 4.69) is 61.7 Å². The van der Waals surface area contributed by atoms with E-state index in [1.165, 1.54) is 16.7 Å². The number of rotatable bonds is 5. The standard InChI is InChI=1S/C19H28N2O/c1-19(2,3)17-7-4-15(5-8-17)6-9-18(22)21-14-16-10-12-20-13-11-16/h4-5,7-8,10,20H,6,9,11-14H2,1-3H3,(H,21,22). The molecule has 1 amide bonds. The van der Waals surface area contributed by atoms with Gasteiger partial charge >= 0.3 is 0 Å². The molecule has 1 aromatic rings. The van der Waals surface area contributed by atoms with Crippen LogP contribution in [-0.4, -0.2) is 25.5 Å². The number of hydrogen-bond acceptors (Lipinski definition) is 2. The molecule has 0 aromatic heterocycles. The number of benzene rings is 1. The molecule has 0 aliphatic carbocycles. The Bertz CT molecular complexity index is 523. The molecular weight excluding hydrogens is 272 g/mol. The molecule has 1 aliphatic heterocycles. The van der Waals surface area contributed by atoms with Gasteiger partial charge in [-0.2, -0.15) is 0 Å². The van der Waals surface area contributed by atoms with E-state index in [4.69, 9.17) is 0 Å². The molecule has 2 N–H and O–H groups in total. The van der Waals surface area contributed by atoms with Gasteiger partial charge in [-0.15, -0.1) is 0 Å². The predicted molar refractivity (Wildman–Crippen MR) is 92.0 cm³/mol. The monoisotopic (exact) mass is 300 g/mol. The average molecular weight is 300 g/mol. The zero-order valence-electron chi connectivity index (χ0n) is 14.0. The van der Waals surface area contributed by atoms with Gasteiger partial charge in [0.15, 0.2) is 0 Å². The van der Waals surface area contributed by atoms with Crippen molar-refractivity contribution in [2.45, 2.75) is 45.4 Å². The van der Waals surface area contributed by atoms with E-state index < -0.39 is 0 Å². The number of aryl methyl sites for hydroxylation is 1. The van der Waals surface area contributed by atoms with Gasteiger partial charge in [-0.1, -0.05) is 56.7 Å². The van der Waals surface area contributed by atoms with Gasteiger partial charge < -0.3 is 10.6 Å². The van der Waals surface area contributed by atoms with Crippen LogP contribution in [0.5, 0.6) is 0 Å². The summed E-state index contributed by atoms with van der Waals surface area (Å²) < 4.78 is 0. The first-order valence-electron chi connectivity index (χ1n) is 8.20. The molecule has 1 aromatic carbocycles. The quantitative estimate of drug-likeness (QED) is 0.821. The lowest BCUT2D eigenvalue weighted by Crippen LogP contribution is -2.29. The van der Waals surface area contributed by atoms with E-state index in [0.717, 1.165) is 25.9 Å². The van der Waals surface area contributed by atoms with Crippen molar-refractivity contribution in [1.29, 1.82) is 0 Å². The summed E-state index contributed by atoms with van der Waals surface area (Å²) in [5.74, 6) is 0.138. The van der Waals surface area contributed by atoms with Crippen molar-refractivity contribution in [3.63, 3.8) is 0 Å². The van der Waals surface area contributed by atoms with Gasteiger partial charge in [0.05, 0.1) is 0 Å². The van der Waals surface area contributed by atoms with Crippen LogP contribution in [0.15, 0.2) is 35.9 Å². The molecule has 0 spiro atoms. The van der Waals surface area contributed by atoms with Gasteiger partial charge in [0.2, 0.25) is 5.91 Å². The Morgan fingerprint density at radius 3 is 2.55 bits per heavy atom. The predicted octanol–water partition coefficient (Wildman–Crippen LogP) is 2.95. The minimum absolute atomic E-state index is 0.138. The number of hydrogen-bond donors (Lipinski definition) is 2. The number of amides is 1. The molecule has 1 aliphatic rings. The van der Waals surface area contributed by atoms with Gasteiger partial charge in [0.25, 0.3) is 0 Å². The van der Waals surface area contributed by atoms with E-state index in [-0.39, 0.29) is 11.3 Å². The molecule has 120 valence electrons. The minimum Gasteiger partial charge on any atom is -0.352 e. The van der Waals surface area contributed by atoms with E-state index >= 15 is 0 Å². The lowest BCUT2D eigenvalue weighted by atomic mass is 9.86. The lowest BCUT2D eigenvalue weighted by molar-refractivity contribution is -0.120. The molecule has 0 atom stereocenters. The molecular formula is C19H28N2O. The zero-order valence-corrected chi connectivity index (χ0v) is 14.0. The second kappa shape index (κ2) is 7.59. The third kappa shape index (κ3) is 5.30. The fourth-order valence-electron chi connectivity index (χ4n) is 2.56. The molecule has 0 bridgehead atoms. The van der Waals surface area contributed by atoms with Crippen molar-refractivity contribution in [3.8, 4) is 0 Å². The van der Waals surface area contributed by atoms with E-state index in [1.54, 1.807) is 0 Å². The Kier molecular flexibility index (Phi) is 5.78. The summed E-state index contributed by atoms with van der Waals surface area (Å²) in [6.45, 7) is 9.28. The summed E-state index contributed by atoms with van der Waals surface area (Å²) >= 11 is 0. The maximum absolute atomic E-state index is 11.9. The number of carbonyl (C=O) groups is 1. The maximum Gasteiger partial charge on any atom is 0.220 e. The van der Waals surface area contributed by atoms with Crippen molar-refractivity contribution in [3.05, 3.63) is 47.0 Å². The van der Waals surface area contributed by atoms with E-state index in [0.29, 0.717) is 13.0 Å². The molecule has 3 nitrogen and oxygen atoms in total. The Morgan fingerprint density at radius 2 is 1.95 bits per heavy atom. The first-order valence-corrected chi connectivity index (χ1v) is 8.20. The highest BCUT2D eigenvalue weighted by molar-refractivity contribution is 5.76. The minimum atomic E-state index is 0.138. The molecule has 3 heteroatoms. The van der Waals surface area contributed by atoms with Crippen LogP contribution in [0.1, 0.15) is 44.7 Å². The fraction of sp³-hybridized carbons (Fsp3) is 0.526. The SMILES string of the molecule is CC(C)(C)c1ccc(CCC(=O)NCC2=CCNCC2)cc1. The van der Waals surface area contributed by atoms with Crippen molar-refractivity contribution in [2.75, 3.05) is 19.6 Å². The normalized spacial score (nSPS) is 15.3. The molecule has 0 radical (unpaired) electrons. The van der Waals surface area contributed by atoms with Crippen LogP contribution in [0.25, 0.3) is 0 Å². The highest BCUT2D eigenvalue weighted by Gasteiger charge is 2.13. The van der Waals surface area contributed by atoms with Crippen LogP contribution in [0.4, 0.5) is 0 Å². The highest BCUT2D eigenvalue weighted by atomic mass is 16.1. The number of nitrogens with one attached hydrogen (secondary N) is 2. The maximum atomic E-state index is 11.9. The first-order chi connectivity index (χ1) is 10.4. The van der Waals surface area contributed by atoms with Gasteiger partial charge in [0, 0.05) is 19.5 Å². The summed E-state index contributed by atoms with van der Waals surface area (Å²) in [7, 11) is 0. The highest BCUT2D eigenvalue weighted by Crippen LogP contribution is 2.22. The second-order valence-electron chi connectivity index (χ2n) is 7.04. The summed E-state index contributed by atoms with van der Waals surface area (Å²) in [4.78, 5) is 11.9. The molecule has 0 saturated carbocycles. The van der Waals surface area contributed by atoms with Gasteiger partial charge in [-0.05, 0) is 35.9 Å². The van der Waals surface area contributed by atoms with Crippen LogP contribution < -0.4 is 10.6 Å². The molecule has 22 heavy (non-hydrogen) atoms. The lowest BCUT2D eigenvalue weighted by Gasteiger charge is -2.19. The molecule has 2 rings (SSSR count). The van der Waals surface area contributed by atoms with Crippen molar-refractivity contribution >= 4 is 5.91 Å². The topological polar surface area (TPSA) is 41.1 Å². The first kappa shape index (κ1) is 16.8. The summed E-state index contributed by atoms with van der Waals surface area (Å²) in [6, 6.07) is 8.63. The molecule has 0 fully saturated rings. The van der Waals surface area contributed by atoms with Crippen LogP contribution in [0, 0.1) is 0 Å².